The third-order valence-electron chi connectivity index (χ3n) is 3.62. The van der Waals surface area contributed by atoms with Gasteiger partial charge in [0, 0.05) is 12.1 Å². The Morgan fingerprint density at radius 1 is 1.33 bits per heavy atom. The van der Waals surface area contributed by atoms with Crippen LogP contribution < -0.4 is 5.32 Å². The van der Waals surface area contributed by atoms with Gasteiger partial charge in [0.2, 0.25) is 0 Å². The molecule has 1 N–H and O–H groups in total. The van der Waals surface area contributed by atoms with E-state index in [2.05, 4.69) is 37.9 Å². The molecule has 90 valence electrons. The van der Waals surface area contributed by atoms with E-state index >= 15 is 0 Å². The van der Waals surface area contributed by atoms with Crippen LogP contribution in [0.25, 0.3) is 0 Å². The van der Waals surface area contributed by atoms with Crippen molar-refractivity contribution in [3.63, 3.8) is 0 Å². The summed E-state index contributed by atoms with van der Waals surface area (Å²) < 4.78 is 0. The van der Waals surface area contributed by atoms with Crippen LogP contribution in [0, 0.1) is 5.92 Å². The molecule has 0 saturated carbocycles. The fourth-order valence-corrected chi connectivity index (χ4v) is 2.69. The Morgan fingerprint density at radius 2 is 2.07 bits per heavy atom. The molecule has 2 atom stereocenters. The smallest absolute Gasteiger partial charge is 0.0116 e. The van der Waals surface area contributed by atoms with Crippen LogP contribution in [-0.4, -0.2) is 36.6 Å². The Hall–Kier alpha value is -0.0800. The second kappa shape index (κ2) is 6.49. The Morgan fingerprint density at radius 3 is 2.67 bits per heavy atom. The van der Waals surface area contributed by atoms with Crippen LogP contribution in [0.2, 0.25) is 0 Å². The van der Waals surface area contributed by atoms with E-state index in [1.807, 2.05) is 0 Å². The standard InChI is InChI=1S/C13H28N2/c1-5-13(11(2)3)15-9-6-8-14-12(4)7-10-15/h11-14H,5-10H2,1-4H3. The summed E-state index contributed by atoms with van der Waals surface area (Å²) in [4.78, 5) is 2.71. The monoisotopic (exact) mass is 212 g/mol. The molecular formula is C13H28N2. The zero-order chi connectivity index (χ0) is 11.3. The van der Waals surface area contributed by atoms with Crippen molar-refractivity contribution in [3.05, 3.63) is 0 Å². The highest BCUT2D eigenvalue weighted by Crippen LogP contribution is 2.16. The summed E-state index contributed by atoms with van der Waals surface area (Å²) in [6, 6.07) is 1.48. The number of rotatable bonds is 3. The molecule has 15 heavy (non-hydrogen) atoms. The van der Waals surface area contributed by atoms with Gasteiger partial charge in [-0.3, -0.25) is 0 Å². The van der Waals surface area contributed by atoms with Gasteiger partial charge in [-0.2, -0.15) is 0 Å². The normalized spacial score (nSPS) is 27.4. The zero-order valence-corrected chi connectivity index (χ0v) is 10.9. The van der Waals surface area contributed by atoms with Crippen molar-refractivity contribution in [2.75, 3.05) is 19.6 Å². The molecule has 0 aromatic carbocycles. The lowest BCUT2D eigenvalue weighted by molar-refractivity contribution is 0.133. The molecule has 1 fully saturated rings. The van der Waals surface area contributed by atoms with Crippen molar-refractivity contribution in [3.8, 4) is 0 Å². The highest BCUT2D eigenvalue weighted by Gasteiger charge is 2.21. The van der Waals surface area contributed by atoms with Crippen LogP contribution in [0.5, 0.6) is 0 Å². The predicted octanol–water partition coefficient (Wildman–Crippen LogP) is 2.49. The van der Waals surface area contributed by atoms with E-state index in [9.17, 15) is 0 Å². The molecule has 1 heterocycles. The second-order valence-electron chi connectivity index (χ2n) is 5.25. The maximum absolute atomic E-state index is 3.56. The van der Waals surface area contributed by atoms with E-state index in [-0.39, 0.29) is 0 Å². The van der Waals surface area contributed by atoms with Crippen molar-refractivity contribution < 1.29 is 0 Å². The first-order valence-electron chi connectivity index (χ1n) is 6.62. The number of nitrogens with zero attached hydrogens (tertiary/aromatic N) is 1. The lowest BCUT2D eigenvalue weighted by Crippen LogP contribution is -2.45. The van der Waals surface area contributed by atoms with E-state index in [4.69, 9.17) is 0 Å². The first-order valence-corrected chi connectivity index (χ1v) is 6.62. The quantitative estimate of drug-likeness (QED) is 0.773. The highest BCUT2D eigenvalue weighted by atomic mass is 15.2. The molecule has 0 radical (unpaired) electrons. The molecule has 0 aromatic rings. The SMILES string of the molecule is CCC(C(C)C)N1CCCNC(C)CC1. The van der Waals surface area contributed by atoms with Gasteiger partial charge in [0.25, 0.3) is 0 Å². The summed E-state index contributed by atoms with van der Waals surface area (Å²) in [6.07, 6.45) is 3.89. The van der Waals surface area contributed by atoms with E-state index < -0.39 is 0 Å². The third-order valence-corrected chi connectivity index (χ3v) is 3.62. The largest absolute Gasteiger partial charge is 0.314 e. The van der Waals surface area contributed by atoms with Crippen LogP contribution in [0.4, 0.5) is 0 Å². The summed E-state index contributed by atoms with van der Waals surface area (Å²) in [5.74, 6) is 0.790. The third kappa shape index (κ3) is 4.12. The molecular weight excluding hydrogens is 184 g/mol. The van der Waals surface area contributed by atoms with Gasteiger partial charge in [-0.05, 0) is 51.7 Å². The second-order valence-corrected chi connectivity index (χ2v) is 5.25. The summed E-state index contributed by atoms with van der Waals surface area (Å²) in [7, 11) is 0. The van der Waals surface area contributed by atoms with Crippen LogP contribution in [0.15, 0.2) is 0 Å². The maximum Gasteiger partial charge on any atom is 0.0116 e. The van der Waals surface area contributed by atoms with Crippen LogP contribution >= 0.6 is 0 Å². The fourth-order valence-electron chi connectivity index (χ4n) is 2.69. The minimum absolute atomic E-state index is 0.692. The first kappa shape index (κ1) is 13.0. The Balaban J connectivity index is 2.49. The zero-order valence-electron chi connectivity index (χ0n) is 10.9. The summed E-state index contributed by atoms with van der Waals surface area (Å²) in [6.45, 7) is 13.1. The summed E-state index contributed by atoms with van der Waals surface area (Å²) in [5.41, 5.74) is 0. The predicted molar refractivity (Wildman–Crippen MR) is 67.2 cm³/mol. The fraction of sp³-hybridized carbons (Fsp3) is 1.00. The summed E-state index contributed by atoms with van der Waals surface area (Å²) >= 11 is 0. The van der Waals surface area contributed by atoms with Gasteiger partial charge in [0.05, 0.1) is 0 Å². The van der Waals surface area contributed by atoms with E-state index in [0.717, 1.165) is 12.0 Å². The van der Waals surface area contributed by atoms with Crippen molar-refractivity contribution in [2.24, 2.45) is 5.92 Å². The van der Waals surface area contributed by atoms with E-state index in [1.165, 1.54) is 38.9 Å². The maximum atomic E-state index is 3.56. The molecule has 1 aliphatic heterocycles. The lowest BCUT2D eigenvalue weighted by atomic mass is 9.98. The molecule has 0 aromatic heterocycles. The Labute approximate surface area is 95.4 Å². The molecule has 1 saturated heterocycles. The Bertz CT molecular complexity index is 168. The van der Waals surface area contributed by atoms with E-state index in [0.29, 0.717) is 6.04 Å². The molecule has 2 unspecified atom stereocenters. The highest BCUT2D eigenvalue weighted by molar-refractivity contribution is 4.77. The Kier molecular flexibility index (Phi) is 5.62. The first-order chi connectivity index (χ1) is 7.15. The average molecular weight is 212 g/mol. The van der Waals surface area contributed by atoms with Gasteiger partial charge in [0.1, 0.15) is 0 Å². The van der Waals surface area contributed by atoms with Crippen molar-refractivity contribution in [2.45, 2.75) is 59.0 Å². The average Bonchev–Trinajstić information content (AvgIpc) is 2.16. The van der Waals surface area contributed by atoms with Crippen molar-refractivity contribution in [1.29, 1.82) is 0 Å². The van der Waals surface area contributed by atoms with Gasteiger partial charge in [-0.15, -0.1) is 0 Å². The van der Waals surface area contributed by atoms with Crippen LogP contribution in [-0.2, 0) is 0 Å². The lowest BCUT2D eigenvalue weighted by Gasteiger charge is -2.36. The van der Waals surface area contributed by atoms with Crippen molar-refractivity contribution >= 4 is 0 Å². The van der Waals surface area contributed by atoms with Gasteiger partial charge < -0.3 is 10.2 Å². The van der Waals surface area contributed by atoms with Gasteiger partial charge in [-0.25, -0.2) is 0 Å². The van der Waals surface area contributed by atoms with Gasteiger partial charge in [-0.1, -0.05) is 20.8 Å². The number of hydrogen-bond acceptors (Lipinski definition) is 2. The minimum atomic E-state index is 0.692. The van der Waals surface area contributed by atoms with Gasteiger partial charge >= 0.3 is 0 Å². The van der Waals surface area contributed by atoms with Crippen molar-refractivity contribution in [1.82, 2.24) is 10.2 Å². The topological polar surface area (TPSA) is 15.3 Å². The van der Waals surface area contributed by atoms with Crippen LogP contribution in [0.3, 0.4) is 0 Å². The molecule has 1 aliphatic rings. The minimum Gasteiger partial charge on any atom is -0.314 e. The van der Waals surface area contributed by atoms with E-state index in [1.54, 1.807) is 0 Å². The molecule has 2 nitrogen and oxygen atoms in total. The number of hydrogen-bond donors (Lipinski definition) is 1. The summed E-state index contributed by atoms with van der Waals surface area (Å²) in [5, 5.41) is 3.56. The van der Waals surface area contributed by atoms with Gasteiger partial charge in [0.15, 0.2) is 0 Å². The molecule has 0 aliphatic carbocycles. The number of nitrogens with one attached hydrogen (secondary N) is 1. The molecule has 0 bridgehead atoms. The molecule has 1 rings (SSSR count). The molecule has 0 amide bonds. The van der Waals surface area contributed by atoms with Crippen LogP contribution in [0.1, 0.15) is 47.0 Å². The molecule has 2 heteroatoms. The molecule has 0 spiro atoms.